The Balaban J connectivity index is 1.33. The minimum absolute atomic E-state index is 0.0165. The Bertz CT molecular complexity index is 2510. The van der Waals surface area contributed by atoms with E-state index in [2.05, 4.69) is 73.0 Å². The van der Waals surface area contributed by atoms with E-state index in [1.807, 2.05) is 53.1 Å². The highest BCUT2D eigenvalue weighted by Gasteiger charge is 2.51. The van der Waals surface area contributed by atoms with E-state index in [0.29, 0.717) is 41.1 Å². The van der Waals surface area contributed by atoms with Gasteiger partial charge in [0.25, 0.3) is 0 Å². The summed E-state index contributed by atoms with van der Waals surface area (Å²) in [6.07, 6.45) is -0.808. The van der Waals surface area contributed by atoms with Crippen molar-refractivity contribution in [1.29, 1.82) is 0 Å². The number of carbonyl (C=O) groups excluding carboxylic acids is 3. The van der Waals surface area contributed by atoms with E-state index in [1.165, 1.54) is 27.1 Å². The summed E-state index contributed by atoms with van der Waals surface area (Å²) in [5.41, 5.74) is 2.24. The zero-order chi connectivity index (χ0) is 45.1. The molecule has 0 saturated carbocycles. The van der Waals surface area contributed by atoms with Crippen molar-refractivity contribution in [2.45, 2.75) is 148 Å². The van der Waals surface area contributed by atoms with Gasteiger partial charge < -0.3 is 33.1 Å². The van der Waals surface area contributed by atoms with Crippen LogP contribution in [0, 0.1) is 0 Å². The van der Waals surface area contributed by atoms with Crippen LogP contribution in [0.3, 0.4) is 0 Å². The van der Waals surface area contributed by atoms with Crippen LogP contribution in [0.5, 0.6) is 0 Å². The molecule has 3 heterocycles. The number of nitrogens with one attached hydrogen (secondary N) is 1. The van der Waals surface area contributed by atoms with E-state index in [1.54, 1.807) is 6.33 Å². The van der Waals surface area contributed by atoms with Crippen LogP contribution in [0.4, 0.5) is 5.82 Å². The molecule has 2 aliphatic rings. The molecule has 62 heavy (non-hydrogen) atoms. The molecule has 1 unspecified atom stereocenters. The van der Waals surface area contributed by atoms with Gasteiger partial charge in [-0.25, -0.2) is 15.0 Å². The molecule has 5 aromatic rings. The van der Waals surface area contributed by atoms with Crippen molar-refractivity contribution < 1.29 is 42.2 Å². The van der Waals surface area contributed by atoms with E-state index in [0.717, 1.165) is 21.5 Å². The van der Waals surface area contributed by atoms with Crippen molar-refractivity contribution in [2.24, 2.45) is 0 Å². The van der Waals surface area contributed by atoms with Crippen LogP contribution in [0.25, 0.3) is 32.7 Å². The topological polar surface area (TPSA) is 162 Å². The number of esters is 3. The summed E-state index contributed by atoms with van der Waals surface area (Å²) in [5.74, 6) is -1.50. The van der Waals surface area contributed by atoms with Crippen molar-refractivity contribution in [3.8, 4) is 0 Å². The lowest BCUT2D eigenvalue weighted by Crippen LogP contribution is -2.50. The van der Waals surface area contributed by atoms with Crippen LogP contribution < -0.4 is 5.32 Å². The summed E-state index contributed by atoms with van der Waals surface area (Å²) >= 11 is 0. The summed E-state index contributed by atoms with van der Waals surface area (Å²) in [6, 6.07) is 15.0. The molecule has 3 aromatic carbocycles. The number of aromatic nitrogens is 4. The minimum Gasteiger partial charge on any atom is -0.456 e. The highest BCUT2D eigenvalue weighted by Crippen LogP contribution is 2.49. The molecule has 332 valence electrons. The molecule has 0 bridgehead atoms. The number of hydrogen-bond donors (Lipinski definition) is 1. The first kappa shape index (κ1) is 45.3. The molecular weight excluding hydrogens is 823 g/mol. The molecule has 1 fully saturated rings. The van der Waals surface area contributed by atoms with Crippen LogP contribution in [0.15, 0.2) is 61.2 Å². The number of nitrogens with zero attached hydrogens (tertiary/aromatic N) is 4. The van der Waals surface area contributed by atoms with E-state index in [4.69, 9.17) is 42.8 Å². The van der Waals surface area contributed by atoms with Crippen molar-refractivity contribution >= 4 is 73.1 Å². The third kappa shape index (κ3) is 8.76. The maximum absolute atomic E-state index is 13.0. The molecule has 14 nitrogen and oxygen atoms in total. The predicted octanol–water partition coefficient (Wildman–Crippen LogP) is 9.47. The number of carbonyl (C=O) groups is 3. The van der Waals surface area contributed by atoms with Crippen molar-refractivity contribution in [3.05, 3.63) is 72.3 Å². The molecular formula is C46H61N5O9Si2. The van der Waals surface area contributed by atoms with Crippen molar-refractivity contribution in [3.63, 3.8) is 0 Å². The highest BCUT2D eigenvalue weighted by atomic mass is 28.4. The Morgan fingerprint density at radius 1 is 0.790 bits per heavy atom. The van der Waals surface area contributed by atoms with Gasteiger partial charge in [0, 0.05) is 32.8 Å². The van der Waals surface area contributed by atoms with E-state index >= 15 is 0 Å². The molecule has 1 aliphatic heterocycles. The standard InChI is InChI=1S/C46H61N5O9Si2/c1-26(52)56-40-32-21-20-30-19-18-29-16-14-15-17-31(29)36(30)37(32)38(41(57-27(2)53)42(40)58-28(3)54)50-43-39-44(48-24-47-43)51(25-49-39)35-22-33(60-62(12,13)46(7,8)9)34(59-35)23-55-61(10,11)45(4,5)6/h14-21,24-25,33-35,38,40-42H,22-23H2,1-13H3,(H,47,48,50)/t33-,34+,35+,38-,40+,41?,42-/m0/s1. The Labute approximate surface area is 365 Å². The van der Waals surface area contributed by atoms with Gasteiger partial charge in [-0.3, -0.25) is 19.0 Å². The fourth-order valence-electron chi connectivity index (χ4n) is 8.06. The quantitative estimate of drug-likeness (QED) is 0.0578. The molecule has 0 radical (unpaired) electrons. The number of ether oxygens (including phenoxy) is 4. The average Bonchev–Trinajstić information content (AvgIpc) is 3.79. The summed E-state index contributed by atoms with van der Waals surface area (Å²) in [5, 5.41) is 7.24. The Morgan fingerprint density at radius 2 is 1.42 bits per heavy atom. The lowest BCUT2D eigenvalue weighted by atomic mass is 9.77. The molecule has 1 saturated heterocycles. The maximum Gasteiger partial charge on any atom is 0.303 e. The second-order valence-electron chi connectivity index (χ2n) is 19.7. The lowest BCUT2D eigenvalue weighted by Gasteiger charge is -2.43. The van der Waals surface area contributed by atoms with Crippen LogP contribution in [-0.4, -0.2) is 85.1 Å². The highest BCUT2D eigenvalue weighted by molar-refractivity contribution is 6.74. The van der Waals surface area contributed by atoms with Crippen LogP contribution in [-0.2, 0) is 42.2 Å². The van der Waals surface area contributed by atoms with Gasteiger partial charge >= 0.3 is 17.9 Å². The molecule has 2 aromatic heterocycles. The SMILES string of the molecule is CC(=O)OC1[C@@H](OC(C)=O)[C@H](OC(C)=O)c2ccc3ccc4ccccc4c3c2[C@@H]1Nc1ncnc2c1ncn2[C@H]1C[C@H](O[Si](C)(C)C(C)(C)C)[C@@H](CO[Si](C)(C)C(C)(C)C)O1. The zero-order valence-electron chi connectivity index (χ0n) is 38.2. The third-order valence-electron chi connectivity index (χ3n) is 13.3. The zero-order valence-corrected chi connectivity index (χ0v) is 40.2. The van der Waals surface area contributed by atoms with Crippen LogP contribution in [0.1, 0.15) is 98.2 Å². The molecule has 0 spiro atoms. The molecule has 7 rings (SSSR count). The summed E-state index contributed by atoms with van der Waals surface area (Å²) in [7, 11) is -4.33. The van der Waals surface area contributed by atoms with Gasteiger partial charge in [0.1, 0.15) is 18.7 Å². The third-order valence-corrected chi connectivity index (χ3v) is 22.3. The molecule has 16 heteroatoms. The van der Waals surface area contributed by atoms with E-state index in [-0.39, 0.29) is 22.3 Å². The Morgan fingerprint density at radius 3 is 2.08 bits per heavy atom. The van der Waals surface area contributed by atoms with Gasteiger partial charge in [-0.05, 0) is 63.4 Å². The summed E-state index contributed by atoms with van der Waals surface area (Å²) in [6.45, 7) is 26.6. The minimum atomic E-state index is -2.22. The van der Waals surface area contributed by atoms with Gasteiger partial charge in [-0.2, -0.15) is 0 Å². The van der Waals surface area contributed by atoms with Crippen molar-refractivity contribution in [2.75, 3.05) is 11.9 Å². The number of benzene rings is 3. The first-order valence-electron chi connectivity index (χ1n) is 21.3. The van der Waals surface area contributed by atoms with Gasteiger partial charge in [-0.15, -0.1) is 0 Å². The van der Waals surface area contributed by atoms with Crippen LogP contribution in [0.2, 0.25) is 36.3 Å². The van der Waals surface area contributed by atoms with Crippen LogP contribution >= 0.6 is 0 Å². The van der Waals surface area contributed by atoms with Gasteiger partial charge in [0.2, 0.25) is 0 Å². The fraction of sp³-hybridized carbons (Fsp3) is 0.522. The van der Waals surface area contributed by atoms with E-state index in [9.17, 15) is 14.4 Å². The predicted molar refractivity (Wildman–Crippen MR) is 243 cm³/mol. The Kier molecular flexibility index (Phi) is 12.2. The average molecular weight is 884 g/mol. The second-order valence-corrected chi connectivity index (χ2v) is 29.2. The fourth-order valence-corrected chi connectivity index (χ4v) is 10.4. The van der Waals surface area contributed by atoms with E-state index < -0.39 is 65.1 Å². The Hall–Kier alpha value is -4.75. The lowest BCUT2D eigenvalue weighted by molar-refractivity contribution is -0.187. The number of rotatable bonds is 11. The van der Waals surface area contributed by atoms with Gasteiger partial charge in [0.15, 0.2) is 51.9 Å². The smallest absolute Gasteiger partial charge is 0.303 e. The number of imidazole rings is 1. The molecule has 1 N–H and O–H groups in total. The van der Waals surface area contributed by atoms with Gasteiger partial charge in [-0.1, -0.05) is 90.1 Å². The molecule has 0 amide bonds. The summed E-state index contributed by atoms with van der Waals surface area (Å²) < 4.78 is 40.5. The first-order chi connectivity index (χ1) is 29.0. The van der Waals surface area contributed by atoms with Gasteiger partial charge in [0.05, 0.1) is 25.1 Å². The normalized spacial score (nSPS) is 23.3. The number of anilines is 1. The largest absolute Gasteiger partial charge is 0.456 e. The summed E-state index contributed by atoms with van der Waals surface area (Å²) in [4.78, 5) is 52.8. The molecule has 7 atom stereocenters. The number of fused-ring (bicyclic) bond motifs is 6. The molecule has 1 aliphatic carbocycles. The monoisotopic (exact) mass is 883 g/mol. The maximum atomic E-state index is 13.0. The second kappa shape index (κ2) is 16.8. The number of hydrogen-bond acceptors (Lipinski definition) is 13. The first-order valence-corrected chi connectivity index (χ1v) is 27.2. The van der Waals surface area contributed by atoms with Crippen molar-refractivity contribution in [1.82, 2.24) is 19.5 Å².